The van der Waals surface area contributed by atoms with Crippen LogP contribution in [0.3, 0.4) is 0 Å². The maximum absolute atomic E-state index is 12.4. The van der Waals surface area contributed by atoms with Crippen molar-refractivity contribution < 1.29 is 24.6 Å². The Bertz CT molecular complexity index is 659. The Morgan fingerprint density at radius 1 is 1.32 bits per heavy atom. The lowest BCUT2D eigenvalue weighted by Gasteiger charge is -2.23. The number of carboxylic acids is 1. The molecule has 1 heterocycles. The number of likely N-dealkylation sites (tertiary alicyclic amines) is 1. The molecule has 2 rings (SSSR count). The molecule has 0 unspecified atom stereocenters. The van der Waals surface area contributed by atoms with Crippen LogP contribution in [-0.4, -0.2) is 57.6 Å². The number of aliphatic carboxylic acids is 1. The summed E-state index contributed by atoms with van der Waals surface area (Å²) >= 11 is 0. The number of aliphatic hydroxyl groups is 1. The summed E-state index contributed by atoms with van der Waals surface area (Å²) in [5.41, 5.74) is 0.930. The maximum atomic E-state index is 12.4. The van der Waals surface area contributed by atoms with Gasteiger partial charge in [-0.3, -0.25) is 9.59 Å². The van der Waals surface area contributed by atoms with Crippen molar-refractivity contribution in [2.45, 2.75) is 38.0 Å². The molecule has 25 heavy (non-hydrogen) atoms. The van der Waals surface area contributed by atoms with Gasteiger partial charge in [0.1, 0.15) is 12.1 Å². The molecule has 0 radical (unpaired) electrons. The minimum absolute atomic E-state index is 0.0824. The Morgan fingerprint density at radius 2 is 2.00 bits per heavy atom. The van der Waals surface area contributed by atoms with E-state index in [9.17, 15) is 24.6 Å². The van der Waals surface area contributed by atoms with Gasteiger partial charge in [0, 0.05) is 19.9 Å². The predicted octanol–water partition coefficient (Wildman–Crippen LogP) is 0.641. The van der Waals surface area contributed by atoms with Crippen molar-refractivity contribution >= 4 is 23.9 Å². The number of carbonyl (C=O) groups excluding carboxylic acids is 2. The minimum Gasteiger partial charge on any atom is -0.480 e. The number of hydrogen-bond acceptors (Lipinski definition) is 4. The Kier molecular flexibility index (Phi) is 6.30. The summed E-state index contributed by atoms with van der Waals surface area (Å²) in [7, 11) is 0. The molecule has 7 heteroatoms. The first kappa shape index (κ1) is 18.7. The number of amides is 2. The highest BCUT2D eigenvalue weighted by atomic mass is 16.4. The van der Waals surface area contributed by atoms with E-state index in [4.69, 9.17) is 0 Å². The third kappa shape index (κ3) is 5.15. The predicted molar refractivity (Wildman–Crippen MR) is 91.5 cm³/mol. The highest BCUT2D eigenvalue weighted by Gasteiger charge is 2.38. The van der Waals surface area contributed by atoms with E-state index in [0.29, 0.717) is 0 Å². The van der Waals surface area contributed by atoms with E-state index in [1.54, 1.807) is 12.2 Å². The molecule has 1 fully saturated rings. The number of nitrogens with one attached hydrogen (secondary N) is 1. The summed E-state index contributed by atoms with van der Waals surface area (Å²) in [6.45, 7) is 1.40. The average molecular weight is 346 g/mol. The number of hydrogen-bond donors (Lipinski definition) is 3. The van der Waals surface area contributed by atoms with E-state index in [-0.39, 0.29) is 25.3 Å². The average Bonchev–Trinajstić information content (AvgIpc) is 2.97. The second kappa shape index (κ2) is 8.43. The second-order valence-corrected chi connectivity index (χ2v) is 6.02. The van der Waals surface area contributed by atoms with Crippen LogP contribution in [0, 0.1) is 0 Å². The van der Waals surface area contributed by atoms with Gasteiger partial charge in [-0.15, -0.1) is 0 Å². The molecule has 7 nitrogen and oxygen atoms in total. The summed E-state index contributed by atoms with van der Waals surface area (Å²) in [6.07, 6.45) is 2.91. The fourth-order valence-electron chi connectivity index (χ4n) is 2.80. The van der Waals surface area contributed by atoms with Gasteiger partial charge in [0.05, 0.1) is 6.10 Å². The van der Waals surface area contributed by atoms with E-state index in [0.717, 1.165) is 5.56 Å². The van der Waals surface area contributed by atoms with Crippen molar-refractivity contribution in [1.82, 2.24) is 10.2 Å². The number of carbonyl (C=O) groups is 3. The first-order valence-electron chi connectivity index (χ1n) is 8.08. The van der Waals surface area contributed by atoms with Crippen LogP contribution in [0.4, 0.5) is 0 Å². The van der Waals surface area contributed by atoms with Crippen LogP contribution < -0.4 is 5.32 Å². The van der Waals surface area contributed by atoms with Gasteiger partial charge in [-0.25, -0.2) is 4.79 Å². The molecule has 0 spiro atoms. The van der Waals surface area contributed by atoms with Crippen LogP contribution in [0.25, 0.3) is 6.08 Å². The fraction of sp³-hybridized carbons (Fsp3) is 0.389. The highest BCUT2D eigenvalue weighted by molar-refractivity contribution is 5.90. The Balaban J connectivity index is 1.98. The zero-order valence-corrected chi connectivity index (χ0v) is 14.0. The molecule has 2 amide bonds. The van der Waals surface area contributed by atoms with Gasteiger partial charge in [-0.1, -0.05) is 42.5 Å². The number of aliphatic hydroxyl groups excluding tert-OH is 1. The summed E-state index contributed by atoms with van der Waals surface area (Å²) in [5, 5.41) is 21.4. The van der Waals surface area contributed by atoms with Gasteiger partial charge in [-0.2, -0.15) is 0 Å². The molecule has 0 saturated carbocycles. The molecular formula is C18H22N2O5. The Morgan fingerprint density at radius 3 is 2.60 bits per heavy atom. The number of nitrogens with zero attached hydrogens (tertiary/aromatic N) is 1. The van der Waals surface area contributed by atoms with E-state index < -0.39 is 30.1 Å². The van der Waals surface area contributed by atoms with Gasteiger partial charge < -0.3 is 20.4 Å². The molecule has 0 aromatic heterocycles. The standard InChI is InChI=1S/C18H22N2O5/c1-12(21)20-11-14(22)10-16(20)17(23)19-15(18(24)25)9-5-8-13-6-3-2-4-7-13/h2-8,14-16,22H,9-11H2,1H3,(H,19,23)(H,24,25)/b8-5+/t14-,15-,16+/m1/s1. The summed E-state index contributed by atoms with van der Waals surface area (Å²) in [5.74, 6) is -2.04. The lowest BCUT2D eigenvalue weighted by Crippen LogP contribution is -2.50. The zero-order chi connectivity index (χ0) is 18.4. The summed E-state index contributed by atoms with van der Waals surface area (Å²) < 4.78 is 0. The Hall–Kier alpha value is -2.67. The first-order valence-corrected chi connectivity index (χ1v) is 8.08. The zero-order valence-electron chi connectivity index (χ0n) is 14.0. The molecule has 3 N–H and O–H groups in total. The normalized spacial score (nSPS) is 21.3. The van der Waals surface area contributed by atoms with Crippen molar-refractivity contribution in [2.75, 3.05) is 6.54 Å². The first-order chi connectivity index (χ1) is 11.9. The quantitative estimate of drug-likeness (QED) is 0.701. The molecule has 1 aromatic carbocycles. The van der Waals surface area contributed by atoms with Crippen molar-refractivity contribution in [2.24, 2.45) is 0 Å². The molecule has 1 aliphatic rings. The number of carboxylic acid groups (broad SMARTS) is 1. The van der Waals surface area contributed by atoms with Gasteiger partial charge in [0.2, 0.25) is 11.8 Å². The summed E-state index contributed by atoms with van der Waals surface area (Å²) in [4.78, 5) is 36.6. The third-order valence-electron chi connectivity index (χ3n) is 4.08. The Labute approximate surface area is 145 Å². The van der Waals surface area contributed by atoms with Crippen LogP contribution in [-0.2, 0) is 14.4 Å². The molecule has 1 aromatic rings. The monoisotopic (exact) mass is 346 g/mol. The van der Waals surface area contributed by atoms with Crippen LogP contribution >= 0.6 is 0 Å². The van der Waals surface area contributed by atoms with Crippen LogP contribution in [0.15, 0.2) is 36.4 Å². The largest absolute Gasteiger partial charge is 0.480 e. The SMILES string of the molecule is CC(=O)N1C[C@H](O)C[C@H]1C(=O)N[C@H](C/C=C/c1ccccc1)C(=O)O. The molecule has 134 valence electrons. The molecule has 0 aliphatic carbocycles. The second-order valence-electron chi connectivity index (χ2n) is 6.02. The van der Waals surface area contributed by atoms with Crippen molar-refractivity contribution in [3.8, 4) is 0 Å². The third-order valence-corrected chi connectivity index (χ3v) is 4.08. The lowest BCUT2D eigenvalue weighted by molar-refractivity contribution is -0.143. The molecule has 1 aliphatic heterocycles. The van der Waals surface area contributed by atoms with E-state index >= 15 is 0 Å². The van der Waals surface area contributed by atoms with Crippen LogP contribution in [0.5, 0.6) is 0 Å². The highest BCUT2D eigenvalue weighted by Crippen LogP contribution is 2.18. The maximum Gasteiger partial charge on any atom is 0.326 e. The number of β-amino-alcohol motifs (C(OH)–C–C–N with tert-alkyl or cyclic N) is 1. The fourth-order valence-corrected chi connectivity index (χ4v) is 2.80. The van der Waals surface area contributed by atoms with E-state index in [1.165, 1.54) is 11.8 Å². The van der Waals surface area contributed by atoms with Gasteiger partial charge >= 0.3 is 5.97 Å². The topological polar surface area (TPSA) is 107 Å². The van der Waals surface area contributed by atoms with E-state index in [1.807, 2.05) is 30.3 Å². The molecule has 0 bridgehead atoms. The van der Waals surface area contributed by atoms with Gasteiger partial charge in [-0.05, 0) is 12.0 Å². The van der Waals surface area contributed by atoms with E-state index in [2.05, 4.69) is 5.32 Å². The molecule has 3 atom stereocenters. The van der Waals surface area contributed by atoms with Crippen LogP contribution in [0.2, 0.25) is 0 Å². The molecular weight excluding hydrogens is 324 g/mol. The number of rotatable bonds is 6. The lowest BCUT2D eigenvalue weighted by atomic mass is 10.1. The number of benzene rings is 1. The smallest absolute Gasteiger partial charge is 0.326 e. The van der Waals surface area contributed by atoms with Gasteiger partial charge in [0.15, 0.2) is 0 Å². The van der Waals surface area contributed by atoms with Crippen molar-refractivity contribution in [3.63, 3.8) is 0 Å². The minimum atomic E-state index is -1.15. The van der Waals surface area contributed by atoms with Crippen LogP contribution in [0.1, 0.15) is 25.3 Å². The van der Waals surface area contributed by atoms with Gasteiger partial charge in [0.25, 0.3) is 0 Å². The van der Waals surface area contributed by atoms with Crippen molar-refractivity contribution in [3.05, 3.63) is 42.0 Å². The van der Waals surface area contributed by atoms with Crippen molar-refractivity contribution in [1.29, 1.82) is 0 Å². The molecule has 1 saturated heterocycles. The summed E-state index contributed by atoms with van der Waals surface area (Å²) in [6, 6.07) is 7.46.